The van der Waals surface area contributed by atoms with Crippen molar-refractivity contribution in [3.8, 4) is 0 Å². The summed E-state index contributed by atoms with van der Waals surface area (Å²) in [6.45, 7) is 1.08. The summed E-state index contributed by atoms with van der Waals surface area (Å²) >= 11 is 0. The molecule has 0 aromatic rings. The Morgan fingerprint density at radius 2 is 2.00 bits per heavy atom. The van der Waals surface area contributed by atoms with E-state index in [1.807, 2.05) is 6.21 Å². The lowest BCUT2D eigenvalue weighted by atomic mass is 9.86. The summed E-state index contributed by atoms with van der Waals surface area (Å²) in [5.41, 5.74) is 13.1. The van der Waals surface area contributed by atoms with Crippen molar-refractivity contribution < 1.29 is 9.90 Å². The van der Waals surface area contributed by atoms with Crippen molar-refractivity contribution in [3.05, 3.63) is 0 Å². The van der Waals surface area contributed by atoms with Gasteiger partial charge in [-0.3, -0.25) is 21.7 Å². The van der Waals surface area contributed by atoms with Crippen LogP contribution in [0.4, 0.5) is 0 Å². The zero-order chi connectivity index (χ0) is 13.8. The van der Waals surface area contributed by atoms with Crippen LogP contribution in [0.25, 0.3) is 0 Å². The van der Waals surface area contributed by atoms with E-state index in [1.165, 1.54) is 38.5 Å². The number of nitrogens with one attached hydrogen (secondary N) is 1. The number of carbonyl (C=O) groups is 1. The summed E-state index contributed by atoms with van der Waals surface area (Å²) in [6, 6.07) is 0. The SMILES string of the molecule is CC(=O)O.NC(N)N/N=C/CCC1CCCCC1. The number of carboxylic acid groups (broad SMARTS) is 1. The van der Waals surface area contributed by atoms with Gasteiger partial charge in [-0.15, -0.1) is 0 Å². The first-order chi connectivity index (χ1) is 8.52. The average molecular weight is 258 g/mol. The highest BCUT2D eigenvalue weighted by Crippen LogP contribution is 2.26. The molecule has 0 saturated heterocycles. The van der Waals surface area contributed by atoms with Crippen molar-refractivity contribution in [2.45, 2.75) is 58.2 Å². The molecule has 1 fully saturated rings. The van der Waals surface area contributed by atoms with E-state index in [4.69, 9.17) is 21.4 Å². The number of carboxylic acids is 1. The Balaban J connectivity index is 0.000000631. The summed E-state index contributed by atoms with van der Waals surface area (Å²) < 4.78 is 0. The number of aliphatic carboxylic acids is 1. The van der Waals surface area contributed by atoms with Crippen molar-refractivity contribution in [2.75, 3.05) is 0 Å². The van der Waals surface area contributed by atoms with Crippen molar-refractivity contribution in [1.82, 2.24) is 5.43 Å². The largest absolute Gasteiger partial charge is 0.481 e. The number of nitrogens with zero attached hydrogens (tertiary/aromatic N) is 1. The maximum absolute atomic E-state index is 9.00. The molecule has 0 aromatic heterocycles. The molecule has 0 radical (unpaired) electrons. The third kappa shape index (κ3) is 12.9. The molecule has 1 saturated carbocycles. The smallest absolute Gasteiger partial charge is 0.300 e. The lowest BCUT2D eigenvalue weighted by Gasteiger charge is -2.20. The Bertz CT molecular complexity index is 234. The lowest BCUT2D eigenvalue weighted by Crippen LogP contribution is -2.42. The number of hydrogen-bond acceptors (Lipinski definition) is 5. The van der Waals surface area contributed by atoms with Gasteiger partial charge in [-0.25, -0.2) is 0 Å². The van der Waals surface area contributed by atoms with Gasteiger partial charge in [0.2, 0.25) is 0 Å². The number of hydrogen-bond donors (Lipinski definition) is 4. The normalized spacial score (nSPS) is 16.4. The standard InChI is InChI=1S/C10H22N4.C2H4O2/c11-10(12)14-13-8-4-7-9-5-2-1-3-6-9;1-2(3)4/h8-10,14H,1-7,11-12H2;1H3,(H,3,4)/b13-8+;. The minimum Gasteiger partial charge on any atom is -0.481 e. The zero-order valence-electron chi connectivity index (χ0n) is 11.1. The van der Waals surface area contributed by atoms with Gasteiger partial charge in [0.15, 0.2) is 0 Å². The molecule has 18 heavy (non-hydrogen) atoms. The number of hydrazone groups is 1. The van der Waals surface area contributed by atoms with Gasteiger partial charge in [-0.1, -0.05) is 32.1 Å². The second kappa shape index (κ2) is 11.0. The third-order valence-corrected chi connectivity index (χ3v) is 2.74. The van der Waals surface area contributed by atoms with E-state index in [2.05, 4.69) is 10.5 Å². The number of rotatable bonds is 5. The molecule has 1 rings (SSSR count). The van der Waals surface area contributed by atoms with Crippen molar-refractivity contribution >= 4 is 12.2 Å². The van der Waals surface area contributed by atoms with Gasteiger partial charge >= 0.3 is 0 Å². The predicted octanol–water partition coefficient (Wildman–Crippen LogP) is 1.21. The molecule has 0 amide bonds. The lowest BCUT2D eigenvalue weighted by molar-refractivity contribution is -0.134. The molecule has 0 unspecified atom stereocenters. The molecule has 0 spiro atoms. The fourth-order valence-corrected chi connectivity index (χ4v) is 1.99. The Kier molecular flexibility index (Phi) is 10.3. The van der Waals surface area contributed by atoms with Crippen LogP contribution in [0.5, 0.6) is 0 Å². The maximum Gasteiger partial charge on any atom is 0.300 e. The van der Waals surface area contributed by atoms with Crippen LogP contribution in [0.1, 0.15) is 51.9 Å². The van der Waals surface area contributed by atoms with Crippen LogP contribution in [0.2, 0.25) is 0 Å². The van der Waals surface area contributed by atoms with Crippen LogP contribution < -0.4 is 16.9 Å². The third-order valence-electron chi connectivity index (χ3n) is 2.74. The van der Waals surface area contributed by atoms with Gasteiger partial charge in [0.25, 0.3) is 5.97 Å². The molecule has 106 valence electrons. The number of nitrogens with two attached hydrogens (primary N) is 2. The highest BCUT2D eigenvalue weighted by molar-refractivity contribution is 5.62. The Labute approximate surface area is 109 Å². The summed E-state index contributed by atoms with van der Waals surface area (Å²) in [7, 11) is 0. The topological polar surface area (TPSA) is 114 Å². The van der Waals surface area contributed by atoms with Gasteiger partial charge < -0.3 is 5.11 Å². The molecule has 6 N–H and O–H groups in total. The highest BCUT2D eigenvalue weighted by atomic mass is 16.4. The molecule has 1 aliphatic carbocycles. The molecule has 0 heterocycles. The minimum absolute atomic E-state index is 0.541. The van der Waals surface area contributed by atoms with Gasteiger partial charge in [0, 0.05) is 13.1 Å². The van der Waals surface area contributed by atoms with E-state index in [0.29, 0.717) is 0 Å². The monoisotopic (exact) mass is 258 g/mol. The van der Waals surface area contributed by atoms with Crippen LogP contribution in [0.15, 0.2) is 5.10 Å². The Morgan fingerprint density at radius 3 is 2.50 bits per heavy atom. The molecule has 0 atom stereocenters. The first kappa shape index (κ1) is 16.9. The van der Waals surface area contributed by atoms with Gasteiger partial charge in [-0.05, 0) is 18.8 Å². The van der Waals surface area contributed by atoms with Crippen molar-refractivity contribution in [2.24, 2.45) is 22.5 Å². The molecule has 6 heteroatoms. The van der Waals surface area contributed by atoms with Crippen molar-refractivity contribution in [1.29, 1.82) is 0 Å². The molecule has 0 aromatic carbocycles. The summed E-state index contributed by atoms with van der Waals surface area (Å²) in [4.78, 5) is 9.00. The summed E-state index contributed by atoms with van der Waals surface area (Å²) in [6.07, 6.45) is 10.7. The molecule has 1 aliphatic rings. The summed E-state index contributed by atoms with van der Waals surface area (Å²) in [5.74, 6) is 0.0850. The first-order valence-electron chi connectivity index (χ1n) is 6.50. The molecule has 6 nitrogen and oxygen atoms in total. The maximum atomic E-state index is 9.00. The van der Waals surface area contributed by atoms with Crippen LogP contribution >= 0.6 is 0 Å². The molecule has 0 bridgehead atoms. The van der Waals surface area contributed by atoms with E-state index in [1.54, 1.807) is 0 Å². The van der Waals surface area contributed by atoms with E-state index in [-0.39, 0.29) is 0 Å². The summed E-state index contributed by atoms with van der Waals surface area (Å²) in [5, 5.41) is 11.3. The fraction of sp³-hybridized carbons (Fsp3) is 0.833. The predicted molar refractivity (Wildman–Crippen MR) is 72.9 cm³/mol. The second-order valence-electron chi connectivity index (χ2n) is 4.57. The van der Waals surface area contributed by atoms with E-state index < -0.39 is 12.3 Å². The van der Waals surface area contributed by atoms with Crippen LogP contribution in [0.3, 0.4) is 0 Å². The molecular formula is C12H26N4O2. The van der Waals surface area contributed by atoms with Crippen LogP contribution in [-0.2, 0) is 4.79 Å². The van der Waals surface area contributed by atoms with E-state index in [9.17, 15) is 0 Å². The first-order valence-corrected chi connectivity index (χ1v) is 6.50. The van der Waals surface area contributed by atoms with Gasteiger partial charge in [0.1, 0.15) is 6.29 Å². The van der Waals surface area contributed by atoms with Crippen LogP contribution in [-0.4, -0.2) is 23.6 Å². The van der Waals surface area contributed by atoms with Crippen LogP contribution in [0, 0.1) is 5.92 Å². The fourth-order valence-electron chi connectivity index (χ4n) is 1.99. The zero-order valence-corrected chi connectivity index (χ0v) is 11.1. The molecular weight excluding hydrogens is 232 g/mol. The van der Waals surface area contributed by atoms with Crippen molar-refractivity contribution in [3.63, 3.8) is 0 Å². The van der Waals surface area contributed by atoms with Gasteiger partial charge in [-0.2, -0.15) is 5.10 Å². The Hall–Kier alpha value is -1.14. The van der Waals surface area contributed by atoms with E-state index >= 15 is 0 Å². The second-order valence-corrected chi connectivity index (χ2v) is 4.57. The average Bonchev–Trinajstić information content (AvgIpc) is 2.29. The van der Waals surface area contributed by atoms with E-state index in [0.717, 1.165) is 19.3 Å². The minimum atomic E-state index is -0.833. The Morgan fingerprint density at radius 1 is 1.44 bits per heavy atom. The quantitative estimate of drug-likeness (QED) is 0.336. The van der Waals surface area contributed by atoms with Gasteiger partial charge in [0.05, 0.1) is 0 Å². The molecule has 0 aliphatic heterocycles. The highest BCUT2D eigenvalue weighted by Gasteiger charge is 2.11.